The molecule has 0 saturated heterocycles. The zero-order chi connectivity index (χ0) is 15.0. The first-order valence-corrected chi connectivity index (χ1v) is 6.07. The van der Waals surface area contributed by atoms with Crippen molar-refractivity contribution in [1.29, 1.82) is 0 Å². The van der Waals surface area contributed by atoms with Crippen LogP contribution in [0.2, 0.25) is 0 Å². The standard InChI is InChI=1S/C14H9N3O4/c18-13-9-5-1-2-6-10(9)14(19)16(13)15-11-7-3-4-8-12(11)17(20)21/h1-8,15H. The van der Waals surface area contributed by atoms with Gasteiger partial charge in [0.05, 0.1) is 16.1 Å². The number of nitro benzene ring substituents is 1. The molecule has 0 unspecified atom stereocenters. The molecule has 2 aromatic carbocycles. The third kappa shape index (κ3) is 2.00. The average molecular weight is 283 g/mol. The number of amides is 2. The maximum Gasteiger partial charge on any atom is 0.294 e. The van der Waals surface area contributed by atoms with Gasteiger partial charge in [0.15, 0.2) is 0 Å². The van der Waals surface area contributed by atoms with E-state index in [1.807, 2.05) is 0 Å². The number of nitrogens with one attached hydrogen (secondary N) is 1. The Morgan fingerprint density at radius 1 is 0.905 bits per heavy atom. The Balaban J connectivity index is 1.96. The molecular formula is C14H9N3O4. The van der Waals surface area contributed by atoms with Crippen molar-refractivity contribution < 1.29 is 14.5 Å². The highest BCUT2D eigenvalue weighted by Gasteiger charge is 2.36. The zero-order valence-corrected chi connectivity index (χ0v) is 10.6. The molecule has 2 amide bonds. The summed E-state index contributed by atoms with van der Waals surface area (Å²) in [6.07, 6.45) is 0. The Kier molecular flexibility index (Phi) is 2.87. The first-order valence-electron chi connectivity index (χ1n) is 6.07. The second kappa shape index (κ2) is 4.71. The minimum Gasteiger partial charge on any atom is -0.282 e. The van der Waals surface area contributed by atoms with E-state index in [2.05, 4.69) is 5.43 Å². The lowest BCUT2D eigenvalue weighted by Gasteiger charge is -2.16. The molecule has 0 atom stereocenters. The van der Waals surface area contributed by atoms with Crippen LogP contribution >= 0.6 is 0 Å². The van der Waals surface area contributed by atoms with E-state index in [9.17, 15) is 19.7 Å². The highest BCUT2D eigenvalue weighted by molar-refractivity contribution is 6.22. The van der Waals surface area contributed by atoms with Crippen molar-refractivity contribution in [2.45, 2.75) is 0 Å². The van der Waals surface area contributed by atoms with Gasteiger partial charge < -0.3 is 0 Å². The predicted octanol–water partition coefficient (Wildman–Crippen LogP) is 2.22. The molecule has 1 heterocycles. The summed E-state index contributed by atoms with van der Waals surface area (Å²) in [6, 6.07) is 12.2. The van der Waals surface area contributed by atoms with Crippen molar-refractivity contribution in [3.8, 4) is 0 Å². The minimum absolute atomic E-state index is 0.0806. The van der Waals surface area contributed by atoms with Crippen LogP contribution in [-0.2, 0) is 0 Å². The van der Waals surface area contributed by atoms with Gasteiger partial charge in [0, 0.05) is 6.07 Å². The lowest BCUT2D eigenvalue weighted by Crippen LogP contribution is -2.35. The predicted molar refractivity (Wildman–Crippen MR) is 73.7 cm³/mol. The molecular weight excluding hydrogens is 274 g/mol. The lowest BCUT2D eigenvalue weighted by atomic mass is 10.1. The van der Waals surface area contributed by atoms with Crippen LogP contribution < -0.4 is 5.43 Å². The Hall–Kier alpha value is -3.22. The molecule has 1 aliphatic rings. The Morgan fingerprint density at radius 3 is 2.00 bits per heavy atom. The van der Waals surface area contributed by atoms with Gasteiger partial charge in [-0.2, -0.15) is 5.01 Å². The van der Waals surface area contributed by atoms with Crippen LogP contribution in [0.25, 0.3) is 0 Å². The van der Waals surface area contributed by atoms with Gasteiger partial charge in [-0.25, -0.2) is 0 Å². The van der Waals surface area contributed by atoms with Gasteiger partial charge in [0.2, 0.25) is 0 Å². The van der Waals surface area contributed by atoms with Crippen molar-refractivity contribution in [2.75, 3.05) is 5.43 Å². The number of hydrogen-bond donors (Lipinski definition) is 1. The third-order valence-corrected chi connectivity index (χ3v) is 3.13. The highest BCUT2D eigenvalue weighted by atomic mass is 16.6. The van der Waals surface area contributed by atoms with E-state index < -0.39 is 16.7 Å². The second-order valence-electron chi connectivity index (χ2n) is 4.38. The number of nitrogens with zero attached hydrogens (tertiary/aromatic N) is 2. The van der Waals surface area contributed by atoms with Gasteiger partial charge in [-0.1, -0.05) is 24.3 Å². The number of carbonyl (C=O) groups is 2. The number of imide groups is 1. The van der Waals surface area contributed by atoms with Crippen LogP contribution in [0.4, 0.5) is 11.4 Å². The van der Waals surface area contributed by atoms with Crippen LogP contribution in [0.1, 0.15) is 20.7 Å². The van der Waals surface area contributed by atoms with E-state index in [0.717, 1.165) is 5.01 Å². The van der Waals surface area contributed by atoms with Gasteiger partial charge in [-0.3, -0.25) is 25.1 Å². The minimum atomic E-state index is -0.583. The number of hydrazine groups is 1. The van der Waals surface area contributed by atoms with Crippen LogP contribution in [0.5, 0.6) is 0 Å². The van der Waals surface area contributed by atoms with Gasteiger partial charge in [0.25, 0.3) is 17.5 Å². The van der Waals surface area contributed by atoms with Crippen molar-refractivity contribution in [3.63, 3.8) is 0 Å². The van der Waals surface area contributed by atoms with Gasteiger partial charge >= 0.3 is 0 Å². The van der Waals surface area contributed by atoms with Crippen molar-refractivity contribution in [1.82, 2.24) is 5.01 Å². The maximum absolute atomic E-state index is 12.2. The number of benzene rings is 2. The molecule has 0 aliphatic carbocycles. The fraction of sp³-hybridized carbons (Fsp3) is 0. The summed E-state index contributed by atoms with van der Waals surface area (Å²) in [4.78, 5) is 34.7. The maximum atomic E-state index is 12.2. The topological polar surface area (TPSA) is 92.6 Å². The van der Waals surface area contributed by atoms with E-state index in [1.54, 1.807) is 18.2 Å². The smallest absolute Gasteiger partial charge is 0.282 e. The summed E-state index contributed by atoms with van der Waals surface area (Å²) in [5.41, 5.74) is 2.94. The molecule has 1 N–H and O–H groups in total. The molecule has 0 spiro atoms. The van der Waals surface area contributed by atoms with Crippen LogP contribution in [0, 0.1) is 10.1 Å². The normalized spacial score (nSPS) is 13.2. The fourth-order valence-electron chi connectivity index (χ4n) is 2.14. The van der Waals surface area contributed by atoms with Gasteiger partial charge in [-0.05, 0) is 18.2 Å². The van der Waals surface area contributed by atoms with E-state index in [-0.39, 0.29) is 22.5 Å². The average Bonchev–Trinajstić information content (AvgIpc) is 2.73. The number of hydrogen-bond acceptors (Lipinski definition) is 5. The van der Waals surface area contributed by atoms with Crippen LogP contribution in [0.15, 0.2) is 48.5 Å². The molecule has 7 heteroatoms. The first-order chi connectivity index (χ1) is 10.1. The molecule has 0 radical (unpaired) electrons. The fourth-order valence-corrected chi connectivity index (χ4v) is 2.14. The monoisotopic (exact) mass is 283 g/mol. The SMILES string of the molecule is O=C1c2ccccc2C(=O)N1Nc1ccccc1[N+](=O)[O-]. The Labute approximate surface area is 118 Å². The molecule has 3 rings (SSSR count). The number of anilines is 1. The molecule has 0 aromatic heterocycles. The molecule has 2 aromatic rings. The van der Waals surface area contributed by atoms with Crippen molar-refractivity contribution >= 4 is 23.2 Å². The number of fused-ring (bicyclic) bond motifs is 1. The third-order valence-electron chi connectivity index (χ3n) is 3.13. The molecule has 7 nitrogen and oxygen atoms in total. The van der Waals surface area contributed by atoms with Crippen molar-refractivity contribution in [3.05, 3.63) is 69.8 Å². The molecule has 0 bridgehead atoms. The highest BCUT2D eigenvalue weighted by Crippen LogP contribution is 2.27. The van der Waals surface area contributed by atoms with E-state index in [4.69, 9.17) is 0 Å². The number of rotatable bonds is 3. The Morgan fingerprint density at radius 2 is 1.43 bits per heavy atom. The molecule has 0 saturated carbocycles. The summed E-state index contributed by atoms with van der Waals surface area (Å²) >= 11 is 0. The number of para-hydroxylation sites is 2. The van der Waals surface area contributed by atoms with E-state index in [1.165, 1.54) is 30.3 Å². The first kappa shape index (κ1) is 12.8. The number of carbonyl (C=O) groups excluding carboxylic acids is 2. The Bertz CT molecular complexity index is 737. The van der Waals surface area contributed by atoms with Gasteiger partial charge in [0.1, 0.15) is 5.69 Å². The second-order valence-corrected chi connectivity index (χ2v) is 4.38. The molecule has 21 heavy (non-hydrogen) atoms. The summed E-state index contributed by atoms with van der Waals surface area (Å²) in [5, 5.41) is 11.7. The van der Waals surface area contributed by atoms with Gasteiger partial charge in [-0.15, -0.1) is 0 Å². The van der Waals surface area contributed by atoms with Crippen molar-refractivity contribution in [2.24, 2.45) is 0 Å². The van der Waals surface area contributed by atoms with Crippen LogP contribution in [-0.4, -0.2) is 21.7 Å². The summed E-state index contributed by atoms with van der Waals surface area (Å²) < 4.78 is 0. The molecule has 0 fully saturated rings. The zero-order valence-electron chi connectivity index (χ0n) is 10.6. The van der Waals surface area contributed by atoms with E-state index >= 15 is 0 Å². The summed E-state index contributed by atoms with van der Waals surface area (Å²) in [7, 11) is 0. The molecule has 104 valence electrons. The molecule has 1 aliphatic heterocycles. The van der Waals surface area contributed by atoms with E-state index in [0.29, 0.717) is 0 Å². The largest absolute Gasteiger partial charge is 0.294 e. The van der Waals surface area contributed by atoms with Crippen LogP contribution in [0.3, 0.4) is 0 Å². The number of nitro groups is 1. The summed E-state index contributed by atoms with van der Waals surface area (Å²) in [6.45, 7) is 0. The summed E-state index contributed by atoms with van der Waals surface area (Å²) in [5.74, 6) is -1.07. The quantitative estimate of drug-likeness (QED) is 0.529. The lowest BCUT2D eigenvalue weighted by molar-refractivity contribution is -0.384.